The average molecular weight is 703 g/mol. The number of rotatable bonds is 11. The maximum Gasteiger partial charge on any atom is 0.419 e. The van der Waals surface area contributed by atoms with Gasteiger partial charge in [-0.05, 0) is 82.8 Å². The molecule has 7 nitrogen and oxygen atoms in total. The average Bonchev–Trinajstić information content (AvgIpc) is 3.63. The third-order valence-electron chi connectivity index (χ3n) is 9.71. The van der Waals surface area contributed by atoms with Crippen molar-refractivity contribution in [3.05, 3.63) is 125 Å². The number of alkyl halides is 3. The largest absolute Gasteiger partial charge is 0.489 e. The Morgan fingerprint density at radius 3 is 2.29 bits per heavy atom. The molecule has 0 bridgehead atoms. The fourth-order valence-electron chi connectivity index (χ4n) is 7.08. The van der Waals surface area contributed by atoms with E-state index in [1.165, 1.54) is 6.07 Å². The second kappa shape index (κ2) is 15.4. The molecule has 2 aliphatic rings. The summed E-state index contributed by atoms with van der Waals surface area (Å²) in [6, 6.07) is 22.6. The summed E-state index contributed by atoms with van der Waals surface area (Å²) in [7, 11) is 0. The van der Waals surface area contributed by atoms with Crippen LogP contribution in [0.15, 0.2) is 91.0 Å². The molecule has 6 rings (SSSR count). The number of fused-ring (bicyclic) bond motifs is 1. The first-order chi connectivity index (χ1) is 24.5. The molecule has 2 N–H and O–H groups in total. The highest BCUT2D eigenvalue weighted by molar-refractivity contribution is 5.90. The summed E-state index contributed by atoms with van der Waals surface area (Å²) in [5.74, 6) is -2.77. The number of benzene rings is 4. The summed E-state index contributed by atoms with van der Waals surface area (Å²) in [4.78, 5) is 41.7. The van der Waals surface area contributed by atoms with Crippen LogP contribution in [-0.4, -0.2) is 34.3 Å². The topological polar surface area (TPSA) is 95.9 Å². The van der Waals surface area contributed by atoms with E-state index in [0.717, 1.165) is 48.4 Å². The zero-order valence-electron chi connectivity index (χ0n) is 27.8. The van der Waals surface area contributed by atoms with Gasteiger partial charge in [0.25, 0.3) is 0 Å². The second-order valence-corrected chi connectivity index (χ2v) is 13.2. The predicted octanol–water partition coefficient (Wildman–Crippen LogP) is 8.43. The zero-order valence-corrected chi connectivity index (χ0v) is 27.8. The molecule has 0 spiro atoms. The third-order valence-corrected chi connectivity index (χ3v) is 9.71. The highest BCUT2D eigenvalue weighted by Gasteiger charge is 2.38. The van der Waals surface area contributed by atoms with Crippen molar-refractivity contribution < 1.29 is 41.8 Å². The molecular weight excluding hydrogens is 664 g/mol. The summed E-state index contributed by atoms with van der Waals surface area (Å²) in [5.41, 5.74) is 2.46. The Morgan fingerprint density at radius 1 is 0.902 bits per heavy atom. The number of hydrogen-bond donors (Lipinski definition) is 2. The number of carboxylic acid groups (broad SMARTS) is 1. The summed E-state index contributed by atoms with van der Waals surface area (Å²) in [6.07, 6.45) is -0.554. The highest BCUT2D eigenvalue weighted by atomic mass is 19.4. The molecule has 0 radical (unpaired) electrons. The van der Waals surface area contributed by atoms with Crippen molar-refractivity contribution in [1.82, 2.24) is 10.2 Å². The molecule has 4 aromatic rings. The first kappa shape index (κ1) is 35.6. The minimum atomic E-state index is -4.87. The van der Waals surface area contributed by atoms with Crippen LogP contribution in [0.25, 0.3) is 11.1 Å². The number of nitrogens with one attached hydrogen (secondary N) is 1. The van der Waals surface area contributed by atoms with Crippen LogP contribution in [0.1, 0.15) is 78.4 Å². The zero-order chi connectivity index (χ0) is 36.1. The number of amides is 2. The van der Waals surface area contributed by atoms with E-state index in [0.29, 0.717) is 30.0 Å². The number of carboxylic acids is 1. The molecule has 266 valence electrons. The number of halogens is 4. The molecule has 51 heavy (non-hydrogen) atoms. The van der Waals surface area contributed by atoms with Crippen LogP contribution in [-0.2, 0) is 33.6 Å². The van der Waals surface area contributed by atoms with Gasteiger partial charge in [-0.15, -0.1) is 0 Å². The Labute approximate surface area is 293 Å². The number of carbonyl (C=O) groups excluding carboxylic acids is 2. The van der Waals surface area contributed by atoms with Crippen LogP contribution in [0, 0.1) is 11.7 Å². The van der Waals surface area contributed by atoms with Crippen molar-refractivity contribution >= 4 is 17.8 Å². The minimum Gasteiger partial charge on any atom is -0.489 e. The van der Waals surface area contributed by atoms with E-state index in [1.807, 2.05) is 42.5 Å². The number of nitrogens with zero attached hydrogens (tertiary/aromatic N) is 1. The molecule has 11 heteroatoms. The van der Waals surface area contributed by atoms with Crippen LogP contribution in [0.2, 0.25) is 0 Å². The van der Waals surface area contributed by atoms with E-state index in [1.54, 1.807) is 35.2 Å². The molecule has 2 atom stereocenters. The van der Waals surface area contributed by atoms with Crippen molar-refractivity contribution in [2.24, 2.45) is 5.92 Å². The number of aliphatic carboxylic acids is 1. The van der Waals surface area contributed by atoms with Gasteiger partial charge in [-0.3, -0.25) is 14.4 Å². The Bertz CT molecular complexity index is 1870. The van der Waals surface area contributed by atoms with E-state index >= 15 is 0 Å². The lowest BCUT2D eigenvalue weighted by atomic mass is 9.90. The minimum absolute atomic E-state index is 0.0962. The standard InChI is InChI=1S/C40H38F4N2O5/c41-34-17-10-26(20-33(34)40(42,43)44)24-51-31-16-15-29-18-19-46(36(47)21-25-6-4-5-7-25)38(32(29)22-31)39(50)45-35(23-37(48)49)30-13-11-28(12-14-30)27-8-2-1-3-9-27/h1-3,8-17,20,22,25,35,38H,4-7,18-19,21,23-24H2,(H,45,50)(H,48,49). The fraction of sp³-hybridized carbons (Fsp3) is 0.325. The van der Waals surface area contributed by atoms with Crippen molar-refractivity contribution in [2.45, 2.75) is 69.8 Å². The molecule has 1 heterocycles. The van der Waals surface area contributed by atoms with Gasteiger partial charge < -0.3 is 20.1 Å². The highest BCUT2D eigenvalue weighted by Crippen LogP contribution is 2.37. The lowest BCUT2D eigenvalue weighted by Gasteiger charge is -2.38. The number of carbonyl (C=O) groups is 3. The molecule has 1 fully saturated rings. The van der Waals surface area contributed by atoms with Crippen LogP contribution < -0.4 is 10.1 Å². The SMILES string of the molecule is O=C(O)CC(NC(=O)C1c2cc(OCc3ccc(F)c(C(F)(F)F)c3)ccc2CCN1C(=O)CC1CCCC1)c1ccc(-c2ccccc2)cc1. The van der Waals surface area contributed by atoms with Crippen LogP contribution in [0.5, 0.6) is 5.75 Å². The summed E-state index contributed by atoms with van der Waals surface area (Å²) >= 11 is 0. The number of ether oxygens (including phenoxy) is 1. The van der Waals surface area contributed by atoms with Crippen LogP contribution in [0.4, 0.5) is 17.6 Å². The van der Waals surface area contributed by atoms with Crippen molar-refractivity contribution in [3.63, 3.8) is 0 Å². The van der Waals surface area contributed by atoms with Gasteiger partial charge in [0.15, 0.2) is 0 Å². The Morgan fingerprint density at radius 2 is 1.61 bits per heavy atom. The molecule has 1 aliphatic heterocycles. The lowest BCUT2D eigenvalue weighted by Crippen LogP contribution is -2.48. The number of hydrogen-bond acceptors (Lipinski definition) is 4. The summed E-state index contributed by atoms with van der Waals surface area (Å²) < 4.78 is 59.6. The van der Waals surface area contributed by atoms with Gasteiger partial charge in [-0.25, -0.2) is 4.39 Å². The quantitative estimate of drug-likeness (QED) is 0.153. The Kier molecular flexibility index (Phi) is 10.7. The molecule has 0 saturated heterocycles. The molecule has 0 aromatic heterocycles. The van der Waals surface area contributed by atoms with Crippen molar-refractivity contribution in [1.29, 1.82) is 0 Å². The lowest BCUT2D eigenvalue weighted by molar-refractivity contribution is -0.143. The first-order valence-corrected chi connectivity index (χ1v) is 17.0. The van der Waals surface area contributed by atoms with Gasteiger partial charge in [0.1, 0.15) is 24.2 Å². The smallest absolute Gasteiger partial charge is 0.419 e. The van der Waals surface area contributed by atoms with E-state index in [9.17, 15) is 37.1 Å². The maximum atomic E-state index is 14.3. The van der Waals surface area contributed by atoms with E-state index in [2.05, 4.69) is 5.32 Å². The van der Waals surface area contributed by atoms with Gasteiger partial charge in [0.05, 0.1) is 18.0 Å². The fourth-order valence-corrected chi connectivity index (χ4v) is 7.08. The summed E-state index contributed by atoms with van der Waals surface area (Å²) in [6.45, 7) is -0.0228. The molecule has 4 aromatic carbocycles. The normalized spacial score (nSPS) is 16.7. The van der Waals surface area contributed by atoms with E-state index < -0.39 is 47.9 Å². The van der Waals surface area contributed by atoms with Gasteiger partial charge in [0, 0.05) is 13.0 Å². The maximum absolute atomic E-state index is 14.3. The molecule has 2 unspecified atom stereocenters. The Hall–Kier alpha value is -5.19. The molecule has 2 amide bonds. The van der Waals surface area contributed by atoms with Crippen LogP contribution >= 0.6 is 0 Å². The van der Waals surface area contributed by atoms with Gasteiger partial charge >= 0.3 is 12.1 Å². The second-order valence-electron chi connectivity index (χ2n) is 13.2. The van der Waals surface area contributed by atoms with Crippen LogP contribution in [0.3, 0.4) is 0 Å². The Balaban J connectivity index is 1.28. The van der Waals surface area contributed by atoms with Crippen molar-refractivity contribution in [2.75, 3.05) is 6.54 Å². The monoisotopic (exact) mass is 702 g/mol. The molecule has 1 saturated carbocycles. The van der Waals surface area contributed by atoms with Crippen molar-refractivity contribution in [3.8, 4) is 16.9 Å². The summed E-state index contributed by atoms with van der Waals surface area (Å²) in [5, 5.41) is 12.7. The van der Waals surface area contributed by atoms with Gasteiger partial charge in [-0.2, -0.15) is 13.2 Å². The first-order valence-electron chi connectivity index (χ1n) is 17.0. The third kappa shape index (κ3) is 8.58. The van der Waals surface area contributed by atoms with E-state index in [4.69, 9.17) is 4.74 Å². The van der Waals surface area contributed by atoms with E-state index in [-0.39, 0.29) is 36.3 Å². The van der Waals surface area contributed by atoms with Gasteiger partial charge in [-0.1, -0.05) is 79.6 Å². The molecular formula is C40H38F4N2O5. The van der Waals surface area contributed by atoms with Gasteiger partial charge in [0.2, 0.25) is 11.8 Å². The predicted molar refractivity (Wildman–Crippen MR) is 182 cm³/mol. The molecule has 1 aliphatic carbocycles.